The van der Waals surface area contributed by atoms with Crippen LogP contribution in [0.1, 0.15) is 18.9 Å². The number of hydrogen-bond acceptors (Lipinski definition) is 1. The quantitative estimate of drug-likeness (QED) is 0.619. The lowest BCUT2D eigenvalue weighted by Gasteiger charge is -2.12. The van der Waals surface area contributed by atoms with Crippen molar-refractivity contribution >= 4 is 38.5 Å². The van der Waals surface area contributed by atoms with Crippen molar-refractivity contribution in [1.82, 2.24) is 5.32 Å². The standard InChI is InChI=1S/C11H15BrIN/c1-9(6-7-12)14-8-10-2-4-11(13)5-3-10/h2-5,9,14H,6-8H2,1H3. The molecule has 0 aliphatic rings. The average Bonchev–Trinajstić information content (AvgIpc) is 2.17. The molecule has 3 heteroatoms. The average molecular weight is 368 g/mol. The van der Waals surface area contributed by atoms with Gasteiger partial charge in [-0.3, -0.25) is 0 Å². The molecule has 0 radical (unpaired) electrons. The highest BCUT2D eigenvalue weighted by Gasteiger charge is 1.99. The van der Waals surface area contributed by atoms with E-state index in [0.717, 1.165) is 11.9 Å². The SMILES string of the molecule is CC(CCBr)NCc1ccc(I)cc1. The molecule has 0 amide bonds. The van der Waals surface area contributed by atoms with Gasteiger partial charge >= 0.3 is 0 Å². The Balaban J connectivity index is 2.34. The van der Waals surface area contributed by atoms with Gasteiger partial charge in [0.2, 0.25) is 0 Å². The van der Waals surface area contributed by atoms with Crippen LogP contribution in [0.3, 0.4) is 0 Å². The summed E-state index contributed by atoms with van der Waals surface area (Å²) in [5.74, 6) is 0. The maximum atomic E-state index is 3.49. The van der Waals surface area contributed by atoms with Crippen molar-refractivity contribution in [3.8, 4) is 0 Å². The Kier molecular flexibility index (Phi) is 6.05. The molecular formula is C11H15BrIN. The minimum Gasteiger partial charge on any atom is -0.310 e. The van der Waals surface area contributed by atoms with E-state index in [2.05, 4.69) is 75.0 Å². The number of hydrogen-bond donors (Lipinski definition) is 1. The Morgan fingerprint density at radius 1 is 1.36 bits per heavy atom. The molecular weight excluding hydrogens is 353 g/mol. The van der Waals surface area contributed by atoms with Gasteiger partial charge in [-0.1, -0.05) is 28.1 Å². The van der Waals surface area contributed by atoms with Gasteiger partial charge < -0.3 is 5.32 Å². The van der Waals surface area contributed by atoms with Crippen LogP contribution in [0.25, 0.3) is 0 Å². The van der Waals surface area contributed by atoms with Crippen LogP contribution in [-0.4, -0.2) is 11.4 Å². The summed E-state index contributed by atoms with van der Waals surface area (Å²) in [5, 5.41) is 4.55. The molecule has 0 aliphatic carbocycles. The van der Waals surface area contributed by atoms with E-state index in [0.29, 0.717) is 6.04 Å². The van der Waals surface area contributed by atoms with E-state index in [-0.39, 0.29) is 0 Å². The highest BCUT2D eigenvalue weighted by atomic mass is 127. The van der Waals surface area contributed by atoms with Gasteiger partial charge in [0.15, 0.2) is 0 Å². The highest BCUT2D eigenvalue weighted by molar-refractivity contribution is 14.1. The third-order valence-electron chi connectivity index (χ3n) is 2.11. The van der Waals surface area contributed by atoms with E-state index < -0.39 is 0 Å². The number of rotatable bonds is 5. The van der Waals surface area contributed by atoms with Crippen LogP contribution in [0.4, 0.5) is 0 Å². The first-order chi connectivity index (χ1) is 6.72. The largest absolute Gasteiger partial charge is 0.310 e. The van der Waals surface area contributed by atoms with Gasteiger partial charge in [-0.25, -0.2) is 0 Å². The second-order valence-electron chi connectivity index (χ2n) is 3.39. The minimum absolute atomic E-state index is 0.577. The number of benzene rings is 1. The molecule has 14 heavy (non-hydrogen) atoms. The molecule has 1 aromatic rings. The van der Waals surface area contributed by atoms with Crippen molar-refractivity contribution in [1.29, 1.82) is 0 Å². The van der Waals surface area contributed by atoms with E-state index in [4.69, 9.17) is 0 Å². The van der Waals surface area contributed by atoms with Gasteiger partial charge in [0.1, 0.15) is 0 Å². The molecule has 0 bridgehead atoms. The lowest BCUT2D eigenvalue weighted by Crippen LogP contribution is -2.25. The van der Waals surface area contributed by atoms with Crippen LogP contribution in [0.5, 0.6) is 0 Å². The smallest absolute Gasteiger partial charge is 0.0207 e. The monoisotopic (exact) mass is 367 g/mol. The Labute approximate surface area is 108 Å². The Morgan fingerprint density at radius 2 is 2.00 bits per heavy atom. The first kappa shape index (κ1) is 12.5. The van der Waals surface area contributed by atoms with Crippen molar-refractivity contribution in [2.24, 2.45) is 0 Å². The topological polar surface area (TPSA) is 12.0 Å². The number of alkyl halides is 1. The fourth-order valence-corrected chi connectivity index (χ4v) is 2.21. The van der Waals surface area contributed by atoms with Crippen LogP contribution < -0.4 is 5.32 Å². The van der Waals surface area contributed by atoms with Gasteiger partial charge in [-0.15, -0.1) is 0 Å². The van der Waals surface area contributed by atoms with Gasteiger partial charge in [-0.05, 0) is 53.6 Å². The maximum absolute atomic E-state index is 3.49. The molecule has 0 spiro atoms. The van der Waals surface area contributed by atoms with Gasteiger partial charge in [-0.2, -0.15) is 0 Å². The lowest BCUT2D eigenvalue weighted by atomic mass is 10.2. The zero-order chi connectivity index (χ0) is 10.4. The third-order valence-corrected chi connectivity index (χ3v) is 3.29. The summed E-state index contributed by atoms with van der Waals surface area (Å²) in [7, 11) is 0. The van der Waals surface area contributed by atoms with E-state index in [1.807, 2.05) is 0 Å². The third kappa shape index (κ3) is 4.75. The van der Waals surface area contributed by atoms with Gasteiger partial charge in [0.05, 0.1) is 0 Å². The summed E-state index contributed by atoms with van der Waals surface area (Å²) < 4.78 is 1.29. The second kappa shape index (κ2) is 6.80. The molecule has 1 nitrogen and oxygen atoms in total. The summed E-state index contributed by atoms with van der Waals surface area (Å²) in [6.45, 7) is 3.18. The highest BCUT2D eigenvalue weighted by Crippen LogP contribution is 2.07. The first-order valence-electron chi connectivity index (χ1n) is 4.76. The Hall–Kier alpha value is 0.390. The normalized spacial score (nSPS) is 12.8. The van der Waals surface area contributed by atoms with Gasteiger partial charge in [0.25, 0.3) is 0 Å². The van der Waals surface area contributed by atoms with E-state index in [1.165, 1.54) is 15.6 Å². The summed E-state index contributed by atoms with van der Waals surface area (Å²) in [6, 6.07) is 9.22. The molecule has 1 atom stereocenters. The molecule has 1 unspecified atom stereocenters. The molecule has 78 valence electrons. The predicted molar refractivity (Wildman–Crippen MR) is 73.9 cm³/mol. The molecule has 1 aromatic carbocycles. The van der Waals surface area contributed by atoms with Crippen molar-refractivity contribution in [2.45, 2.75) is 25.9 Å². The van der Waals surface area contributed by atoms with E-state index in [1.54, 1.807) is 0 Å². The summed E-state index contributed by atoms with van der Waals surface area (Å²) in [4.78, 5) is 0. The zero-order valence-corrected chi connectivity index (χ0v) is 12.0. The first-order valence-corrected chi connectivity index (χ1v) is 6.96. The van der Waals surface area contributed by atoms with Crippen LogP contribution in [0, 0.1) is 3.57 Å². The van der Waals surface area contributed by atoms with Crippen molar-refractivity contribution < 1.29 is 0 Å². The minimum atomic E-state index is 0.577. The maximum Gasteiger partial charge on any atom is 0.0207 e. The molecule has 0 aliphatic heterocycles. The Morgan fingerprint density at radius 3 is 2.57 bits per heavy atom. The van der Waals surface area contributed by atoms with Crippen LogP contribution in [0.2, 0.25) is 0 Å². The van der Waals surface area contributed by atoms with Crippen molar-refractivity contribution in [3.63, 3.8) is 0 Å². The molecule has 0 aromatic heterocycles. The molecule has 0 fully saturated rings. The number of halogens is 2. The van der Waals surface area contributed by atoms with E-state index in [9.17, 15) is 0 Å². The predicted octanol–water partition coefficient (Wildman–Crippen LogP) is 3.55. The Bertz CT molecular complexity index is 260. The second-order valence-corrected chi connectivity index (χ2v) is 5.42. The lowest BCUT2D eigenvalue weighted by molar-refractivity contribution is 0.538. The van der Waals surface area contributed by atoms with Crippen molar-refractivity contribution in [3.05, 3.63) is 33.4 Å². The van der Waals surface area contributed by atoms with Crippen LogP contribution in [-0.2, 0) is 6.54 Å². The van der Waals surface area contributed by atoms with Gasteiger partial charge in [0, 0.05) is 21.5 Å². The fraction of sp³-hybridized carbons (Fsp3) is 0.455. The molecule has 0 saturated heterocycles. The van der Waals surface area contributed by atoms with Crippen LogP contribution in [0.15, 0.2) is 24.3 Å². The summed E-state index contributed by atoms with van der Waals surface area (Å²) >= 11 is 5.77. The zero-order valence-electron chi connectivity index (χ0n) is 8.26. The fourth-order valence-electron chi connectivity index (χ4n) is 1.16. The van der Waals surface area contributed by atoms with Crippen molar-refractivity contribution in [2.75, 3.05) is 5.33 Å². The number of nitrogens with one attached hydrogen (secondary N) is 1. The molecule has 0 saturated carbocycles. The van der Waals surface area contributed by atoms with Crippen LogP contribution >= 0.6 is 38.5 Å². The summed E-state index contributed by atoms with van der Waals surface area (Å²) in [6.07, 6.45) is 1.17. The molecule has 0 heterocycles. The molecule has 1 N–H and O–H groups in total. The van der Waals surface area contributed by atoms with E-state index >= 15 is 0 Å². The summed E-state index contributed by atoms with van der Waals surface area (Å²) in [5.41, 5.74) is 1.35. The molecule has 1 rings (SSSR count).